The highest BCUT2D eigenvalue weighted by Crippen LogP contribution is 2.12. The normalized spacial score (nSPS) is 17.1. The number of likely N-dealkylation sites (tertiary alicyclic amines) is 1. The van der Waals surface area contributed by atoms with Gasteiger partial charge in [0.1, 0.15) is 18.6 Å². The Morgan fingerprint density at radius 2 is 1.72 bits per heavy atom. The third kappa shape index (κ3) is 4.15. The first-order valence-corrected chi connectivity index (χ1v) is 6.79. The van der Waals surface area contributed by atoms with Crippen LogP contribution in [0.2, 0.25) is 0 Å². The van der Waals surface area contributed by atoms with Gasteiger partial charge in [0, 0.05) is 12.1 Å². The number of carbonyl (C=O) groups excluding carboxylic acids is 1. The Morgan fingerprint density at radius 1 is 1.06 bits per heavy atom. The smallest absolute Gasteiger partial charge is 0.150 e. The van der Waals surface area contributed by atoms with E-state index >= 15 is 0 Å². The molecule has 1 aliphatic heterocycles. The number of aldehydes is 1. The van der Waals surface area contributed by atoms with E-state index in [1.165, 1.54) is 38.8 Å². The Morgan fingerprint density at radius 3 is 2.33 bits per heavy atom. The minimum absolute atomic E-state index is 0.690. The van der Waals surface area contributed by atoms with Gasteiger partial charge in [-0.1, -0.05) is 12.8 Å². The minimum atomic E-state index is 0.690. The average Bonchev–Trinajstić information content (AvgIpc) is 2.68. The van der Waals surface area contributed by atoms with E-state index in [1.54, 1.807) is 12.1 Å². The van der Waals surface area contributed by atoms with Crippen LogP contribution in [0.5, 0.6) is 5.75 Å². The van der Waals surface area contributed by atoms with Gasteiger partial charge in [-0.15, -0.1) is 0 Å². The highest BCUT2D eigenvalue weighted by atomic mass is 16.5. The molecule has 3 nitrogen and oxygen atoms in total. The lowest BCUT2D eigenvalue weighted by atomic mass is 10.2. The Kier molecular flexibility index (Phi) is 5.21. The van der Waals surface area contributed by atoms with Crippen LogP contribution in [0.25, 0.3) is 0 Å². The summed E-state index contributed by atoms with van der Waals surface area (Å²) in [4.78, 5) is 13.0. The first-order chi connectivity index (χ1) is 8.88. The van der Waals surface area contributed by atoms with Gasteiger partial charge in [0.15, 0.2) is 0 Å². The summed E-state index contributed by atoms with van der Waals surface area (Å²) < 4.78 is 5.69. The molecule has 0 amide bonds. The fourth-order valence-electron chi connectivity index (χ4n) is 2.29. The highest BCUT2D eigenvalue weighted by molar-refractivity contribution is 5.74. The van der Waals surface area contributed by atoms with Crippen LogP contribution in [0, 0.1) is 0 Å². The van der Waals surface area contributed by atoms with Crippen LogP contribution in [0.4, 0.5) is 0 Å². The molecule has 0 radical (unpaired) electrons. The summed E-state index contributed by atoms with van der Waals surface area (Å²) in [6.07, 6.45) is 6.21. The molecule has 0 bridgehead atoms. The van der Waals surface area contributed by atoms with Crippen LogP contribution in [0.3, 0.4) is 0 Å². The molecule has 0 aromatic heterocycles. The van der Waals surface area contributed by atoms with Crippen molar-refractivity contribution in [2.24, 2.45) is 0 Å². The lowest BCUT2D eigenvalue weighted by Crippen LogP contribution is -2.29. The van der Waals surface area contributed by atoms with Crippen LogP contribution in [-0.2, 0) is 0 Å². The van der Waals surface area contributed by atoms with Gasteiger partial charge in [0.05, 0.1) is 0 Å². The van der Waals surface area contributed by atoms with E-state index in [2.05, 4.69) is 4.90 Å². The second-order valence-electron chi connectivity index (χ2n) is 4.79. The van der Waals surface area contributed by atoms with Crippen LogP contribution in [-0.4, -0.2) is 37.4 Å². The summed E-state index contributed by atoms with van der Waals surface area (Å²) >= 11 is 0. The zero-order valence-corrected chi connectivity index (χ0v) is 10.8. The summed E-state index contributed by atoms with van der Waals surface area (Å²) in [6.45, 7) is 4.12. The predicted molar refractivity (Wildman–Crippen MR) is 72.2 cm³/mol. The molecule has 3 heteroatoms. The first kappa shape index (κ1) is 13.1. The topological polar surface area (TPSA) is 29.5 Å². The lowest BCUT2D eigenvalue weighted by molar-refractivity contribution is 0.112. The Balaban J connectivity index is 1.71. The van der Waals surface area contributed by atoms with E-state index in [-0.39, 0.29) is 0 Å². The standard InChI is InChI=1S/C15H21NO2/c17-13-14-5-7-15(8-6-14)18-12-11-16-9-3-1-2-4-10-16/h5-8,13H,1-4,9-12H2. The van der Waals surface area contributed by atoms with Gasteiger partial charge in [0.25, 0.3) is 0 Å². The molecule has 0 spiro atoms. The van der Waals surface area contributed by atoms with Crippen LogP contribution < -0.4 is 4.74 Å². The Hall–Kier alpha value is -1.35. The van der Waals surface area contributed by atoms with E-state index in [0.29, 0.717) is 5.56 Å². The molecular weight excluding hydrogens is 226 g/mol. The maximum absolute atomic E-state index is 10.5. The van der Waals surface area contributed by atoms with Gasteiger partial charge in [-0.05, 0) is 50.2 Å². The molecule has 18 heavy (non-hydrogen) atoms. The van der Waals surface area contributed by atoms with Crippen molar-refractivity contribution in [3.63, 3.8) is 0 Å². The monoisotopic (exact) mass is 247 g/mol. The van der Waals surface area contributed by atoms with Crippen molar-refractivity contribution >= 4 is 6.29 Å². The molecule has 1 aliphatic rings. The zero-order valence-electron chi connectivity index (χ0n) is 10.8. The summed E-state index contributed by atoms with van der Waals surface area (Å²) in [7, 11) is 0. The van der Waals surface area contributed by atoms with Gasteiger partial charge in [-0.25, -0.2) is 0 Å². The van der Waals surface area contributed by atoms with Crippen LogP contribution >= 0.6 is 0 Å². The Labute approximate surface area is 109 Å². The minimum Gasteiger partial charge on any atom is -0.492 e. The van der Waals surface area contributed by atoms with Crippen molar-refractivity contribution in [1.29, 1.82) is 0 Å². The fourth-order valence-corrected chi connectivity index (χ4v) is 2.29. The van der Waals surface area contributed by atoms with Gasteiger partial charge in [-0.3, -0.25) is 9.69 Å². The quantitative estimate of drug-likeness (QED) is 0.749. The molecule has 98 valence electrons. The van der Waals surface area contributed by atoms with Crippen LogP contribution in [0.1, 0.15) is 36.0 Å². The number of benzene rings is 1. The molecule has 0 unspecified atom stereocenters. The van der Waals surface area contributed by atoms with Gasteiger partial charge in [-0.2, -0.15) is 0 Å². The third-order valence-electron chi connectivity index (χ3n) is 3.39. The molecule has 1 aromatic carbocycles. The molecular formula is C15H21NO2. The summed E-state index contributed by atoms with van der Waals surface area (Å²) in [5.41, 5.74) is 0.690. The van der Waals surface area contributed by atoms with Gasteiger partial charge < -0.3 is 4.74 Å². The SMILES string of the molecule is O=Cc1ccc(OCCN2CCCCCC2)cc1. The van der Waals surface area contributed by atoms with Gasteiger partial charge in [0.2, 0.25) is 0 Å². The summed E-state index contributed by atoms with van der Waals surface area (Å²) in [6, 6.07) is 7.28. The summed E-state index contributed by atoms with van der Waals surface area (Å²) in [5, 5.41) is 0. The number of nitrogens with zero attached hydrogens (tertiary/aromatic N) is 1. The lowest BCUT2D eigenvalue weighted by Gasteiger charge is -2.19. The molecule has 1 saturated heterocycles. The molecule has 1 aromatic rings. The van der Waals surface area contributed by atoms with Crippen LogP contribution in [0.15, 0.2) is 24.3 Å². The molecule has 0 saturated carbocycles. The van der Waals surface area contributed by atoms with E-state index in [1.807, 2.05) is 12.1 Å². The second-order valence-corrected chi connectivity index (χ2v) is 4.79. The largest absolute Gasteiger partial charge is 0.492 e. The third-order valence-corrected chi connectivity index (χ3v) is 3.39. The first-order valence-electron chi connectivity index (χ1n) is 6.79. The van der Waals surface area contributed by atoms with Crippen molar-refractivity contribution < 1.29 is 9.53 Å². The van der Waals surface area contributed by atoms with Crippen molar-refractivity contribution in [2.45, 2.75) is 25.7 Å². The Bertz CT molecular complexity index is 353. The number of hydrogen-bond donors (Lipinski definition) is 0. The van der Waals surface area contributed by atoms with E-state index in [9.17, 15) is 4.79 Å². The second kappa shape index (κ2) is 7.17. The highest BCUT2D eigenvalue weighted by Gasteiger charge is 2.08. The van der Waals surface area contributed by atoms with E-state index in [0.717, 1.165) is 25.2 Å². The maximum atomic E-state index is 10.5. The predicted octanol–water partition coefficient (Wildman–Crippen LogP) is 2.75. The summed E-state index contributed by atoms with van der Waals surface area (Å²) in [5.74, 6) is 0.843. The molecule has 1 fully saturated rings. The van der Waals surface area contributed by atoms with Crippen molar-refractivity contribution in [2.75, 3.05) is 26.2 Å². The van der Waals surface area contributed by atoms with Crippen molar-refractivity contribution in [3.05, 3.63) is 29.8 Å². The van der Waals surface area contributed by atoms with Crippen molar-refractivity contribution in [3.8, 4) is 5.75 Å². The number of hydrogen-bond acceptors (Lipinski definition) is 3. The van der Waals surface area contributed by atoms with E-state index in [4.69, 9.17) is 4.74 Å². The number of carbonyl (C=O) groups is 1. The molecule has 1 heterocycles. The number of ether oxygens (including phenoxy) is 1. The van der Waals surface area contributed by atoms with Crippen molar-refractivity contribution in [1.82, 2.24) is 4.90 Å². The molecule has 2 rings (SSSR count). The fraction of sp³-hybridized carbons (Fsp3) is 0.533. The van der Waals surface area contributed by atoms with E-state index < -0.39 is 0 Å². The molecule has 0 aliphatic carbocycles. The molecule has 0 N–H and O–H groups in total. The zero-order chi connectivity index (χ0) is 12.6. The average molecular weight is 247 g/mol. The molecule has 0 atom stereocenters. The maximum Gasteiger partial charge on any atom is 0.150 e. The number of rotatable bonds is 5. The van der Waals surface area contributed by atoms with Gasteiger partial charge >= 0.3 is 0 Å².